The van der Waals surface area contributed by atoms with E-state index in [1.807, 2.05) is 13.0 Å². The van der Waals surface area contributed by atoms with Gasteiger partial charge in [-0.05, 0) is 61.9 Å². The third-order valence-corrected chi connectivity index (χ3v) is 3.78. The molecule has 0 radical (unpaired) electrons. The fraction of sp³-hybridized carbons (Fsp3) is 0.625. The molecule has 18 heavy (non-hydrogen) atoms. The van der Waals surface area contributed by atoms with Gasteiger partial charge in [-0.2, -0.15) is 0 Å². The number of rotatable bonds is 6. The molecule has 0 fully saturated rings. The minimum Gasteiger partial charge on any atom is -0.314 e. The van der Waals surface area contributed by atoms with Crippen molar-refractivity contribution in [3.63, 3.8) is 0 Å². The number of aryl methyl sites for hydroxylation is 1. The molecule has 0 amide bonds. The van der Waals surface area contributed by atoms with E-state index in [2.05, 4.69) is 33.0 Å². The van der Waals surface area contributed by atoms with E-state index in [4.69, 9.17) is 0 Å². The summed E-state index contributed by atoms with van der Waals surface area (Å²) in [6.45, 7) is 11.9. The van der Waals surface area contributed by atoms with Crippen LogP contribution in [-0.2, 0) is 6.42 Å². The Morgan fingerprint density at radius 3 is 2.39 bits per heavy atom. The highest BCUT2D eigenvalue weighted by atomic mass is 19.1. The Balaban J connectivity index is 2.83. The van der Waals surface area contributed by atoms with E-state index in [1.54, 1.807) is 12.1 Å². The summed E-state index contributed by atoms with van der Waals surface area (Å²) < 4.78 is 13.1. The zero-order valence-corrected chi connectivity index (χ0v) is 12.3. The molecule has 1 rings (SSSR count). The van der Waals surface area contributed by atoms with E-state index in [1.165, 1.54) is 5.56 Å². The van der Waals surface area contributed by atoms with Crippen LogP contribution in [0.15, 0.2) is 18.2 Å². The molecule has 0 heterocycles. The molecule has 1 aromatic rings. The molecule has 1 nitrogen and oxygen atoms in total. The monoisotopic (exact) mass is 251 g/mol. The molecule has 0 bridgehead atoms. The van der Waals surface area contributed by atoms with E-state index < -0.39 is 0 Å². The molecular weight excluding hydrogens is 225 g/mol. The minimum atomic E-state index is -0.142. The summed E-state index contributed by atoms with van der Waals surface area (Å²) in [6, 6.07) is 5.61. The SMILES string of the molecule is CCNC(C)C(Cc1ccc(F)cc1C)C(C)C. The van der Waals surface area contributed by atoms with Crippen molar-refractivity contribution < 1.29 is 4.39 Å². The lowest BCUT2D eigenvalue weighted by Gasteiger charge is -2.28. The zero-order chi connectivity index (χ0) is 13.7. The molecule has 0 aliphatic heterocycles. The highest BCUT2D eigenvalue weighted by Gasteiger charge is 2.21. The Bertz CT molecular complexity index is 373. The Kier molecular flexibility index (Phi) is 5.80. The van der Waals surface area contributed by atoms with Gasteiger partial charge in [0, 0.05) is 6.04 Å². The van der Waals surface area contributed by atoms with Gasteiger partial charge in [0.1, 0.15) is 5.82 Å². The molecule has 2 atom stereocenters. The summed E-state index contributed by atoms with van der Waals surface area (Å²) in [4.78, 5) is 0. The normalized spacial score (nSPS) is 14.8. The molecule has 1 N–H and O–H groups in total. The maximum Gasteiger partial charge on any atom is 0.123 e. The summed E-state index contributed by atoms with van der Waals surface area (Å²) in [7, 11) is 0. The van der Waals surface area contributed by atoms with E-state index in [0.29, 0.717) is 17.9 Å². The number of hydrogen-bond donors (Lipinski definition) is 1. The Morgan fingerprint density at radius 2 is 1.89 bits per heavy atom. The molecule has 1 aromatic carbocycles. The fourth-order valence-corrected chi connectivity index (χ4v) is 2.61. The van der Waals surface area contributed by atoms with Gasteiger partial charge in [-0.25, -0.2) is 4.39 Å². The van der Waals surface area contributed by atoms with Crippen LogP contribution in [0.4, 0.5) is 4.39 Å². The Hall–Kier alpha value is -0.890. The van der Waals surface area contributed by atoms with Crippen LogP contribution < -0.4 is 5.32 Å². The van der Waals surface area contributed by atoms with Crippen molar-refractivity contribution in [3.8, 4) is 0 Å². The lowest BCUT2D eigenvalue weighted by Crippen LogP contribution is -2.37. The molecule has 0 aromatic heterocycles. The molecule has 0 saturated carbocycles. The zero-order valence-electron chi connectivity index (χ0n) is 12.3. The first kappa shape index (κ1) is 15.2. The third kappa shape index (κ3) is 4.09. The minimum absolute atomic E-state index is 0.142. The summed E-state index contributed by atoms with van der Waals surface area (Å²) in [5.41, 5.74) is 2.32. The number of benzene rings is 1. The first-order valence-electron chi connectivity index (χ1n) is 6.94. The quantitative estimate of drug-likeness (QED) is 0.807. The van der Waals surface area contributed by atoms with Crippen LogP contribution in [0.3, 0.4) is 0 Å². The van der Waals surface area contributed by atoms with Crippen LogP contribution in [0.5, 0.6) is 0 Å². The second-order valence-electron chi connectivity index (χ2n) is 5.53. The predicted octanol–water partition coefficient (Wildman–Crippen LogP) is 3.95. The van der Waals surface area contributed by atoms with Crippen molar-refractivity contribution in [3.05, 3.63) is 35.1 Å². The van der Waals surface area contributed by atoms with Gasteiger partial charge in [-0.1, -0.05) is 26.8 Å². The summed E-state index contributed by atoms with van der Waals surface area (Å²) in [5, 5.41) is 3.50. The highest BCUT2D eigenvalue weighted by molar-refractivity contribution is 5.27. The number of nitrogens with one attached hydrogen (secondary N) is 1. The molecule has 0 aliphatic rings. The van der Waals surface area contributed by atoms with Crippen LogP contribution >= 0.6 is 0 Å². The van der Waals surface area contributed by atoms with Crippen LogP contribution in [0.2, 0.25) is 0 Å². The molecule has 0 aliphatic carbocycles. The lowest BCUT2D eigenvalue weighted by atomic mass is 9.83. The summed E-state index contributed by atoms with van der Waals surface area (Å²) in [5.74, 6) is 1.05. The maximum absolute atomic E-state index is 13.1. The van der Waals surface area contributed by atoms with Crippen molar-refractivity contribution in [2.24, 2.45) is 11.8 Å². The second-order valence-corrected chi connectivity index (χ2v) is 5.53. The van der Waals surface area contributed by atoms with E-state index in [0.717, 1.165) is 18.5 Å². The van der Waals surface area contributed by atoms with Gasteiger partial charge in [-0.3, -0.25) is 0 Å². The van der Waals surface area contributed by atoms with Gasteiger partial charge in [0.25, 0.3) is 0 Å². The van der Waals surface area contributed by atoms with Crippen molar-refractivity contribution in [2.45, 2.75) is 47.1 Å². The summed E-state index contributed by atoms with van der Waals surface area (Å²) >= 11 is 0. The predicted molar refractivity (Wildman–Crippen MR) is 76.3 cm³/mol. The van der Waals surface area contributed by atoms with Gasteiger partial charge >= 0.3 is 0 Å². The van der Waals surface area contributed by atoms with Crippen molar-refractivity contribution in [2.75, 3.05) is 6.54 Å². The molecule has 0 spiro atoms. The number of hydrogen-bond acceptors (Lipinski definition) is 1. The van der Waals surface area contributed by atoms with Gasteiger partial charge in [0.2, 0.25) is 0 Å². The smallest absolute Gasteiger partial charge is 0.123 e. The van der Waals surface area contributed by atoms with Gasteiger partial charge in [0.15, 0.2) is 0 Å². The highest BCUT2D eigenvalue weighted by Crippen LogP contribution is 2.23. The van der Waals surface area contributed by atoms with Crippen molar-refractivity contribution in [1.82, 2.24) is 5.32 Å². The molecule has 102 valence electrons. The average molecular weight is 251 g/mol. The van der Waals surface area contributed by atoms with Crippen LogP contribution in [0, 0.1) is 24.6 Å². The molecule has 2 heteroatoms. The topological polar surface area (TPSA) is 12.0 Å². The van der Waals surface area contributed by atoms with E-state index in [-0.39, 0.29) is 5.82 Å². The van der Waals surface area contributed by atoms with Crippen LogP contribution in [-0.4, -0.2) is 12.6 Å². The first-order chi connectivity index (χ1) is 8.45. The Labute approximate surface area is 111 Å². The van der Waals surface area contributed by atoms with Crippen LogP contribution in [0.25, 0.3) is 0 Å². The fourth-order valence-electron chi connectivity index (χ4n) is 2.61. The molecule has 0 saturated heterocycles. The summed E-state index contributed by atoms with van der Waals surface area (Å²) in [6.07, 6.45) is 1.01. The second kappa shape index (κ2) is 6.89. The third-order valence-electron chi connectivity index (χ3n) is 3.78. The molecular formula is C16H26FN. The Morgan fingerprint density at radius 1 is 1.22 bits per heavy atom. The molecule has 2 unspecified atom stereocenters. The van der Waals surface area contributed by atoms with E-state index >= 15 is 0 Å². The van der Waals surface area contributed by atoms with Gasteiger partial charge in [0.05, 0.1) is 0 Å². The van der Waals surface area contributed by atoms with Crippen molar-refractivity contribution >= 4 is 0 Å². The van der Waals surface area contributed by atoms with Gasteiger partial charge in [-0.15, -0.1) is 0 Å². The van der Waals surface area contributed by atoms with E-state index in [9.17, 15) is 4.39 Å². The van der Waals surface area contributed by atoms with Crippen LogP contribution in [0.1, 0.15) is 38.8 Å². The van der Waals surface area contributed by atoms with Gasteiger partial charge < -0.3 is 5.32 Å². The lowest BCUT2D eigenvalue weighted by molar-refractivity contribution is 0.291. The largest absolute Gasteiger partial charge is 0.314 e. The first-order valence-corrected chi connectivity index (χ1v) is 6.94. The average Bonchev–Trinajstić information content (AvgIpc) is 2.27. The maximum atomic E-state index is 13.1. The standard InChI is InChI=1S/C16H26FN/c1-6-18-13(5)16(11(2)3)10-14-7-8-15(17)9-12(14)4/h7-9,11,13,16,18H,6,10H2,1-5H3. The van der Waals surface area contributed by atoms with Crippen molar-refractivity contribution in [1.29, 1.82) is 0 Å². The number of halogens is 1.